The Kier molecular flexibility index (Phi) is 3.74. The number of carbonyl (C=O) groups excluding carboxylic acids is 1. The van der Waals surface area contributed by atoms with Crippen LogP contribution in [0.15, 0.2) is 12.1 Å². The van der Waals surface area contributed by atoms with Crippen molar-refractivity contribution < 1.29 is 19.1 Å². The summed E-state index contributed by atoms with van der Waals surface area (Å²) in [7, 11) is 0. The summed E-state index contributed by atoms with van der Waals surface area (Å²) in [5, 5.41) is 11.3. The van der Waals surface area contributed by atoms with Crippen molar-refractivity contribution in [3.63, 3.8) is 0 Å². The van der Waals surface area contributed by atoms with E-state index in [1.165, 1.54) is 26.0 Å². The number of aliphatic carboxylic acids is 1. The van der Waals surface area contributed by atoms with E-state index in [2.05, 4.69) is 5.32 Å². The molecule has 0 aromatic heterocycles. The molecule has 1 rings (SSSR count). The van der Waals surface area contributed by atoms with Crippen molar-refractivity contribution in [2.75, 3.05) is 0 Å². The average molecular weight is 253 g/mol. The molecule has 18 heavy (non-hydrogen) atoms. The Labute approximate surface area is 105 Å². The summed E-state index contributed by atoms with van der Waals surface area (Å²) < 4.78 is 13.4. The highest BCUT2D eigenvalue weighted by atomic mass is 19.1. The van der Waals surface area contributed by atoms with Crippen molar-refractivity contribution in [1.29, 1.82) is 0 Å². The largest absolute Gasteiger partial charge is 0.480 e. The van der Waals surface area contributed by atoms with Gasteiger partial charge in [-0.3, -0.25) is 4.79 Å². The highest BCUT2D eigenvalue weighted by Gasteiger charge is 2.29. The maximum Gasteiger partial charge on any atom is 0.328 e. The molecular formula is C13H16FNO3. The van der Waals surface area contributed by atoms with Gasteiger partial charge in [0.2, 0.25) is 0 Å². The molecule has 0 unspecified atom stereocenters. The van der Waals surface area contributed by atoms with Crippen molar-refractivity contribution in [1.82, 2.24) is 5.32 Å². The SMILES string of the molecule is Cc1cc(C(=O)NC(C)(C)C(=O)O)cc(C)c1F. The van der Waals surface area contributed by atoms with E-state index in [-0.39, 0.29) is 11.4 Å². The number of hydrogen-bond acceptors (Lipinski definition) is 2. The highest BCUT2D eigenvalue weighted by molar-refractivity contribution is 5.97. The smallest absolute Gasteiger partial charge is 0.328 e. The first kappa shape index (κ1) is 14.2. The molecule has 4 nitrogen and oxygen atoms in total. The number of hydrogen-bond donors (Lipinski definition) is 2. The molecule has 2 N–H and O–H groups in total. The minimum absolute atomic E-state index is 0.251. The van der Waals surface area contributed by atoms with Gasteiger partial charge < -0.3 is 10.4 Å². The monoisotopic (exact) mass is 253 g/mol. The summed E-state index contributed by atoms with van der Waals surface area (Å²) in [5.41, 5.74) is -0.407. The lowest BCUT2D eigenvalue weighted by Crippen LogP contribution is -2.49. The van der Waals surface area contributed by atoms with Gasteiger partial charge in [0.25, 0.3) is 5.91 Å². The molecular weight excluding hydrogens is 237 g/mol. The quantitative estimate of drug-likeness (QED) is 0.866. The molecule has 0 heterocycles. The van der Waals surface area contributed by atoms with Crippen LogP contribution in [0.2, 0.25) is 0 Å². The van der Waals surface area contributed by atoms with Crippen molar-refractivity contribution >= 4 is 11.9 Å². The molecule has 98 valence electrons. The summed E-state index contributed by atoms with van der Waals surface area (Å²) >= 11 is 0. The summed E-state index contributed by atoms with van der Waals surface area (Å²) in [6.07, 6.45) is 0. The van der Waals surface area contributed by atoms with Gasteiger partial charge in [-0.2, -0.15) is 0 Å². The predicted octanol–water partition coefficient (Wildman–Crippen LogP) is 2.04. The fourth-order valence-electron chi connectivity index (χ4n) is 1.49. The second-order valence-electron chi connectivity index (χ2n) is 4.81. The summed E-state index contributed by atoms with van der Waals surface area (Å²) in [6.45, 7) is 5.88. The molecule has 1 amide bonds. The van der Waals surface area contributed by atoms with Gasteiger partial charge in [0.1, 0.15) is 11.4 Å². The first-order valence-corrected chi connectivity index (χ1v) is 5.48. The van der Waals surface area contributed by atoms with Gasteiger partial charge in [0, 0.05) is 5.56 Å². The first-order valence-electron chi connectivity index (χ1n) is 5.48. The van der Waals surface area contributed by atoms with E-state index in [1.807, 2.05) is 0 Å². The average Bonchev–Trinajstić information content (AvgIpc) is 2.24. The summed E-state index contributed by atoms with van der Waals surface area (Å²) in [5.74, 6) is -2.02. The van der Waals surface area contributed by atoms with E-state index in [4.69, 9.17) is 5.11 Å². The van der Waals surface area contributed by atoms with Gasteiger partial charge in [0.15, 0.2) is 0 Å². The Hall–Kier alpha value is -1.91. The summed E-state index contributed by atoms with van der Waals surface area (Å²) in [6, 6.07) is 2.80. The highest BCUT2D eigenvalue weighted by Crippen LogP contribution is 2.15. The maximum absolute atomic E-state index is 13.4. The number of aryl methyl sites for hydroxylation is 2. The maximum atomic E-state index is 13.4. The zero-order valence-corrected chi connectivity index (χ0v) is 10.8. The number of carbonyl (C=O) groups is 2. The van der Waals surface area contributed by atoms with Crippen LogP contribution in [0.1, 0.15) is 35.3 Å². The number of benzene rings is 1. The second-order valence-corrected chi connectivity index (χ2v) is 4.81. The van der Waals surface area contributed by atoms with Crippen molar-refractivity contribution in [2.45, 2.75) is 33.2 Å². The number of carboxylic acid groups (broad SMARTS) is 1. The van der Waals surface area contributed by atoms with Crippen LogP contribution in [0.5, 0.6) is 0 Å². The van der Waals surface area contributed by atoms with E-state index in [9.17, 15) is 14.0 Å². The molecule has 0 fully saturated rings. The van der Waals surface area contributed by atoms with Crippen molar-refractivity contribution in [3.05, 3.63) is 34.6 Å². The third-order valence-corrected chi connectivity index (χ3v) is 2.66. The third kappa shape index (κ3) is 2.85. The number of rotatable bonds is 3. The first-order chi connectivity index (χ1) is 8.15. The molecule has 0 atom stereocenters. The molecule has 5 heteroatoms. The van der Waals surface area contributed by atoms with Crippen molar-refractivity contribution in [2.24, 2.45) is 0 Å². The van der Waals surface area contributed by atoms with Crippen LogP contribution >= 0.6 is 0 Å². The molecule has 0 radical (unpaired) electrons. The van der Waals surface area contributed by atoms with Gasteiger partial charge in [-0.15, -0.1) is 0 Å². The van der Waals surface area contributed by atoms with Gasteiger partial charge in [-0.1, -0.05) is 0 Å². The molecule has 0 bridgehead atoms. The fraction of sp³-hybridized carbons (Fsp3) is 0.385. The van der Waals surface area contributed by atoms with Crippen LogP contribution in [0.3, 0.4) is 0 Å². The molecule has 0 aliphatic carbocycles. The Morgan fingerprint density at radius 2 is 1.67 bits per heavy atom. The lowest BCUT2D eigenvalue weighted by Gasteiger charge is -2.21. The van der Waals surface area contributed by atoms with E-state index in [0.717, 1.165) is 0 Å². The minimum Gasteiger partial charge on any atom is -0.480 e. The Bertz CT molecular complexity index is 486. The van der Waals surface area contributed by atoms with Crippen LogP contribution in [0.4, 0.5) is 4.39 Å². The molecule has 0 saturated carbocycles. The van der Waals surface area contributed by atoms with Gasteiger partial charge >= 0.3 is 5.97 Å². The Morgan fingerprint density at radius 1 is 1.22 bits per heavy atom. The number of nitrogens with one attached hydrogen (secondary N) is 1. The topological polar surface area (TPSA) is 66.4 Å². The third-order valence-electron chi connectivity index (χ3n) is 2.66. The van der Waals surface area contributed by atoms with Crippen LogP contribution in [0.25, 0.3) is 0 Å². The number of carboxylic acids is 1. The number of amides is 1. The van der Waals surface area contributed by atoms with Crippen LogP contribution in [0, 0.1) is 19.7 Å². The number of halogens is 1. The van der Waals surface area contributed by atoms with Crippen LogP contribution in [-0.2, 0) is 4.79 Å². The van der Waals surface area contributed by atoms with E-state index in [1.54, 1.807) is 13.8 Å². The van der Waals surface area contributed by atoms with Crippen LogP contribution in [-0.4, -0.2) is 22.5 Å². The predicted molar refractivity (Wildman–Crippen MR) is 65.1 cm³/mol. The van der Waals surface area contributed by atoms with E-state index in [0.29, 0.717) is 11.1 Å². The molecule has 0 saturated heterocycles. The lowest BCUT2D eigenvalue weighted by atomic mass is 10.0. The zero-order valence-electron chi connectivity index (χ0n) is 10.8. The summed E-state index contributed by atoms with van der Waals surface area (Å²) in [4.78, 5) is 22.8. The lowest BCUT2D eigenvalue weighted by molar-refractivity contribution is -0.143. The van der Waals surface area contributed by atoms with Crippen LogP contribution < -0.4 is 5.32 Å². The van der Waals surface area contributed by atoms with E-state index < -0.39 is 17.4 Å². The molecule has 0 spiro atoms. The Morgan fingerprint density at radius 3 is 2.06 bits per heavy atom. The molecule has 0 aliphatic rings. The van der Waals surface area contributed by atoms with Crippen molar-refractivity contribution in [3.8, 4) is 0 Å². The Balaban J connectivity index is 3.03. The molecule has 0 aliphatic heterocycles. The molecule has 1 aromatic rings. The fourth-order valence-corrected chi connectivity index (χ4v) is 1.49. The van der Waals surface area contributed by atoms with E-state index >= 15 is 0 Å². The minimum atomic E-state index is -1.37. The molecule has 1 aromatic carbocycles. The van der Waals surface area contributed by atoms with Gasteiger partial charge in [0.05, 0.1) is 0 Å². The normalized spacial score (nSPS) is 11.2. The van der Waals surface area contributed by atoms with Gasteiger partial charge in [-0.05, 0) is 51.0 Å². The zero-order chi connectivity index (χ0) is 14.1. The van der Waals surface area contributed by atoms with Gasteiger partial charge in [-0.25, -0.2) is 9.18 Å². The second kappa shape index (κ2) is 4.76. The standard InChI is InChI=1S/C13H16FNO3/c1-7-5-9(6-8(2)10(7)14)11(16)15-13(3,4)12(17)18/h5-6H,1-4H3,(H,15,16)(H,17,18).